The van der Waals surface area contributed by atoms with Crippen LogP contribution >= 0.6 is 0 Å². The molecule has 0 bridgehead atoms. The molecule has 1 saturated heterocycles. The van der Waals surface area contributed by atoms with Gasteiger partial charge in [0.1, 0.15) is 17.2 Å². The van der Waals surface area contributed by atoms with Gasteiger partial charge in [0, 0.05) is 32.0 Å². The molecule has 0 saturated carbocycles. The van der Waals surface area contributed by atoms with Crippen LogP contribution in [0.4, 0.5) is 9.18 Å². The second kappa shape index (κ2) is 6.14. The molecule has 24 heavy (non-hydrogen) atoms. The van der Waals surface area contributed by atoms with Gasteiger partial charge in [0.25, 0.3) is 0 Å². The molecule has 1 amide bonds. The van der Waals surface area contributed by atoms with E-state index >= 15 is 0 Å². The van der Waals surface area contributed by atoms with Crippen molar-refractivity contribution in [3.05, 3.63) is 41.4 Å². The second-order valence-corrected chi connectivity index (χ2v) is 5.82. The van der Waals surface area contributed by atoms with Gasteiger partial charge in [0.15, 0.2) is 5.78 Å². The van der Waals surface area contributed by atoms with Gasteiger partial charge in [0.2, 0.25) is 0 Å². The lowest BCUT2D eigenvalue weighted by Gasteiger charge is -2.44. The topological polar surface area (TPSA) is 76.1 Å². The Balaban J connectivity index is 2.00. The first-order valence-corrected chi connectivity index (χ1v) is 7.80. The molecule has 1 aromatic carbocycles. The Morgan fingerprint density at radius 3 is 2.79 bits per heavy atom. The van der Waals surface area contributed by atoms with Crippen LogP contribution in [0.1, 0.15) is 30.1 Å². The molecule has 2 aliphatic heterocycles. The minimum absolute atomic E-state index is 0.192. The Bertz CT molecular complexity index is 707. The Morgan fingerprint density at radius 1 is 1.46 bits per heavy atom. The summed E-state index contributed by atoms with van der Waals surface area (Å²) in [5.41, 5.74) is -0.346. The molecule has 1 fully saturated rings. The highest BCUT2D eigenvalue weighted by Gasteiger charge is 2.48. The van der Waals surface area contributed by atoms with Gasteiger partial charge in [-0.15, -0.1) is 0 Å². The van der Waals surface area contributed by atoms with Crippen molar-refractivity contribution in [3.63, 3.8) is 0 Å². The van der Waals surface area contributed by atoms with Crippen LogP contribution in [0.25, 0.3) is 0 Å². The molecule has 1 aromatic rings. The maximum Gasteiger partial charge on any atom is 0.407 e. The summed E-state index contributed by atoms with van der Waals surface area (Å²) >= 11 is 0. The lowest BCUT2D eigenvalue weighted by Crippen LogP contribution is -2.53. The minimum Gasteiger partial charge on any atom is -0.501 e. The number of carbonyl (C=O) groups excluding carboxylic acids is 1. The van der Waals surface area contributed by atoms with Crippen LogP contribution in [-0.4, -0.2) is 47.2 Å². The van der Waals surface area contributed by atoms with E-state index in [2.05, 4.69) is 0 Å². The van der Waals surface area contributed by atoms with Crippen molar-refractivity contribution in [1.29, 1.82) is 0 Å². The molecular formula is C17H18FNO5. The van der Waals surface area contributed by atoms with E-state index in [9.17, 15) is 14.0 Å². The van der Waals surface area contributed by atoms with Crippen molar-refractivity contribution in [1.82, 2.24) is 4.90 Å². The van der Waals surface area contributed by atoms with Crippen LogP contribution in [0, 0.1) is 5.82 Å². The number of likely N-dealkylation sites (tertiary alicyclic amines) is 1. The lowest BCUT2D eigenvalue weighted by atomic mass is 9.78. The summed E-state index contributed by atoms with van der Waals surface area (Å²) in [6.07, 6.45) is 0.999. The maximum atomic E-state index is 13.5. The van der Waals surface area contributed by atoms with Gasteiger partial charge in [0.05, 0.1) is 24.0 Å². The molecule has 3 rings (SSSR count). The van der Waals surface area contributed by atoms with Crippen molar-refractivity contribution in [2.75, 3.05) is 19.7 Å². The first kappa shape index (κ1) is 16.3. The highest BCUT2D eigenvalue weighted by molar-refractivity contribution is 6.12. The molecule has 2 aliphatic rings. The fourth-order valence-corrected chi connectivity index (χ4v) is 3.14. The van der Waals surface area contributed by atoms with Gasteiger partial charge < -0.3 is 19.5 Å². The summed E-state index contributed by atoms with van der Waals surface area (Å²) in [6.45, 7) is 2.66. The predicted octanol–water partition coefficient (Wildman–Crippen LogP) is 2.83. The van der Waals surface area contributed by atoms with E-state index in [4.69, 9.17) is 14.6 Å². The summed E-state index contributed by atoms with van der Waals surface area (Å²) in [4.78, 5) is 25.2. The van der Waals surface area contributed by atoms with Crippen molar-refractivity contribution in [2.45, 2.75) is 25.4 Å². The van der Waals surface area contributed by atoms with Crippen LogP contribution in [0.5, 0.6) is 5.75 Å². The fourth-order valence-electron chi connectivity index (χ4n) is 3.14. The molecule has 1 N–H and O–H groups in total. The van der Waals surface area contributed by atoms with Crippen molar-refractivity contribution in [2.24, 2.45) is 0 Å². The van der Waals surface area contributed by atoms with E-state index in [0.717, 1.165) is 0 Å². The number of Topliss-reactive ketones (excluding diaryl/α,β-unsaturated/α-hetero) is 1. The molecule has 128 valence electrons. The molecule has 1 spiro atoms. The molecule has 0 aliphatic carbocycles. The van der Waals surface area contributed by atoms with Crippen molar-refractivity contribution >= 4 is 11.9 Å². The zero-order chi connectivity index (χ0) is 17.3. The summed E-state index contributed by atoms with van der Waals surface area (Å²) in [5.74, 6) is -0.567. The molecule has 0 unspecified atom stereocenters. The number of nitrogens with zero attached hydrogens (tertiary/aromatic N) is 1. The molecular weight excluding hydrogens is 317 g/mol. The summed E-state index contributed by atoms with van der Waals surface area (Å²) in [6, 6.07) is 3.80. The first-order valence-electron chi connectivity index (χ1n) is 7.80. The fraction of sp³-hybridized carbons (Fsp3) is 0.412. The van der Waals surface area contributed by atoms with Crippen LogP contribution in [-0.2, 0) is 4.74 Å². The SMILES string of the molecule is CCOC=C1C(=O)c2ccc(F)cc2OC12CCN(C(=O)O)CC2. The van der Waals surface area contributed by atoms with E-state index in [1.54, 1.807) is 6.92 Å². The molecule has 0 atom stereocenters. The van der Waals surface area contributed by atoms with E-state index in [0.29, 0.717) is 25.0 Å². The summed E-state index contributed by atoms with van der Waals surface area (Å²) < 4.78 is 24.9. The normalized spacial score (nSPS) is 20.7. The molecule has 2 heterocycles. The third kappa shape index (κ3) is 2.70. The maximum absolute atomic E-state index is 13.5. The van der Waals surface area contributed by atoms with Crippen LogP contribution in [0.2, 0.25) is 0 Å². The van der Waals surface area contributed by atoms with E-state index in [1.165, 1.54) is 29.4 Å². The number of benzene rings is 1. The van der Waals surface area contributed by atoms with Gasteiger partial charge in [-0.05, 0) is 19.1 Å². The Kier molecular flexibility index (Phi) is 4.17. The zero-order valence-corrected chi connectivity index (χ0v) is 13.3. The Morgan fingerprint density at radius 2 is 2.17 bits per heavy atom. The van der Waals surface area contributed by atoms with Gasteiger partial charge in [-0.2, -0.15) is 0 Å². The number of amides is 1. The average Bonchev–Trinajstić information content (AvgIpc) is 2.55. The van der Waals surface area contributed by atoms with Gasteiger partial charge >= 0.3 is 6.09 Å². The Hall–Kier alpha value is -2.57. The van der Waals surface area contributed by atoms with Gasteiger partial charge in [-0.25, -0.2) is 9.18 Å². The monoisotopic (exact) mass is 335 g/mol. The summed E-state index contributed by atoms with van der Waals surface area (Å²) in [7, 11) is 0. The van der Waals surface area contributed by atoms with Crippen LogP contribution in [0.3, 0.4) is 0 Å². The number of piperidine rings is 1. The van der Waals surface area contributed by atoms with Crippen molar-refractivity contribution in [3.8, 4) is 5.75 Å². The van der Waals surface area contributed by atoms with E-state index < -0.39 is 17.5 Å². The summed E-state index contributed by atoms with van der Waals surface area (Å²) in [5, 5.41) is 9.11. The number of hydrogen-bond donors (Lipinski definition) is 1. The third-order valence-corrected chi connectivity index (χ3v) is 4.44. The largest absolute Gasteiger partial charge is 0.501 e. The highest BCUT2D eigenvalue weighted by atomic mass is 19.1. The smallest absolute Gasteiger partial charge is 0.407 e. The standard InChI is InChI=1S/C17H18FNO5/c1-2-23-10-13-15(20)12-4-3-11(18)9-14(12)24-17(13)5-7-19(8-6-17)16(21)22/h3-4,9-10H,2,5-8H2,1H3,(H,21,22). The van der Waals surface area contributed by atoms with Gasteiger partial charge in [-0.1, -0.05) is 0 Å². The quantitative estimate of drug-likeness (QED) is 0.664. The third-order valence-electron chi connectivity index (χ3n) is 4.44. The second-order valence-electron chi connectivity index (χ2n) is 5.82. The Labute approximate surface area is 138 Å². The van der Waals surface area contributed by atoms with E-state index in [-0.39, 0.29) is 30.2 Å². The number of halogens is 1. The highest BCUT2D eigenvalue weighted by Crippen LogP contribution is 2.43. The zero-order valence-electron chi connectivity index (χ0n) is 13.3. The number of hydrogen-bond acceptors (Lipinski definition) is 4. The van der Waals surface area contributed by atoms with Gasteiger partial charge in [-0.3, -0.25) is 4.79 Å². The van der Waals surface area contributed by atoms with E-state index in [1.807, 2.05) is 0 Å². The molecule has 6 nitrogen and oxygen atoms in total. The van der Waals surface area contributed by atoms with Crippen LogP contribution < -0.4 is 4.74 Å². The number of rotatable bonds is 2. The number of ether oxygens (including phenoxy) is 2. The number of fused-ring (bicyclic) bond motifs is 1. The van der Waals surface area contributed by atoms with Crippen LogP contribution in [0.15, 0.2) is 30.0 Å². The number of carbonyl (C=O) groups is 2. The van der Waals surface area contributed by atoms with Crippen molar-refractivity contribution < 1.29 is 28.6 Å². The number of ketones is 1. The lowest BCUT2D eigenvalue weighted by molar-refractivity contribution is 0.0224. The predicted molar refractivity (Wildman–Crippen MR) is 82.6 cm³/mol. The average molecular weight is 335 g/mol. The number of carboxylic acid groups (broad SMARTS) is 1. The first-order chi connectivity index (χ1) is 11.5. The molecule has 0 aromatic heterocycles. The molecule has 0 radical (unpaired) electrons. The molecule has 7 heteroatoms. The minimum atomic E-state index is -1.01.